The van der Waals surface area contributed by atoms with E-state index in [-0.39, 0.29) is 11.0 Å². The van der Waals surface area contributed by atoms with Gasteiger partial charge in [-0.2, -0.15) is 11.8 Å². The summed E-state index contributed by atoms with van der Waals surface area (Å²) >= 11 is 15.8. The molecule has 1 saturated heterocycles. The van der Waals surface area contributed by atoms with E-state index in [0.717, 1.165) is 23.5 Å². The van der Waals surface area contributed by atoms with Gasteiger partial charge >= 0.3 is 0 Å². The number of halogens is 2. The maximum Gasteiger partial charge on any atom is 0.151 e. The molecule has 5 heteroatoms. The first-order valence-electron chi connectivity index (χ1n) is 6.31. The lowest BCUT2D eigenvalue weighted by atomic mass is 10.0. The van der Waals surface area contributed by atoms with Crippen molar-refractivity contribution in [2.45, 2.75) is 30.3 Å². The fourth-order valence-electron chi connectivity index (χ4n) is 2.17. The molecule has 0 spiro atoms. The number of carbonyl (C=O) groups excluding carboxylic acids is 1. The lowest BCUT2D eigenvalue weighted by molar-refractivity contribution is -0.117. The Morgan fingerprint density at radius 3 is 2.79 bits per heavy atom. The first kappa shape index (κ1) is 15.6. The van der Waals surface area contributed by atoms with Crippen LogP contribution in [0.3, 0.4) is 0 Å². The second kappa shape index (κ2) is 7.26. The van der Waals surface area contributed by atoms with Crippen molar-refractivity contribution in [3.63, 3.8) is 0 Å². The Balaban J connectivity index is 2.09. The quantitative estimate of drug-likeness (QED) is 0.792. The van der Waals surface area contributed by atoms with Gasteiger partial charge < -0.3 is 0 Å². The minimum Gasteiger partial charge on any atom is -0.298 e. The standard InChI is InChI=1S/C14H16Cl2OS2/c1-2-13-14(19-6-5-18-13)12(17)8-9-7-10(15)3-4-11(9)16/h3-4,7,13-14H,2,5-6,8H2,1H3. The third-order valence-electron chi connectivity index (χ3n) is 3.14. The smallest absolute Gasteiger partial charge is 0.151 e. The normalized spacial score (nSPS) is 23.3. The van der Waals surface area contributed by atoms with Crippen LogP contribution in [0.1, 0.15) is 18.9 Å². The minimum atomic E-state index is 0.0961. The van der Waals surface area contributed by atoms with Crippen LogP contribution in [0.5, 0.6) is 0 Å². The molecule has 1 aliphatic rings. The van der Waals surface area contributed by atoms with Gasteiger partial charge in [-0.1, -0.05) is 30.1 Å². The summed E-state index contributed by atoms with van der Waals surface area (Å²) in [4.78, 5) is 12.5. The summed E-state index contributed by atoms with van der Waals surface area (Å²) in [5, 5.41) is 1.78. The molecule has 1 aliphatic heterocycles. The van der Waals surface area contributed by atoms with Crippen LogP contribution in [-0.2, 0) is 11.2 Å². The molecule has 1 nitrogen and oxygen atoms in total. The van der Waals surface area contributed by atoms with E-state index >= 15 is 0 Å². The third-order valence-corrected chi connectivity index (χ3v) is 7.04. The number of benzene rings is 1. The second-order valence-corrected chi connectivity index (χ2v) is 7.93. The van der Waals surface area contributed by atoms with Crippen LogP contribution < -0.4 is 0 Å². The van der Waals surface area contributed by atoms with Crippen molar-refractivity contribution in [1.29, 1.82) is 0 Å². The zero-order valence-corrected chi connectivity index (χ0v) is 13.8. The van der Waals surface area contributed by atoms with Gasteiger partial charge in [0.05, 0.1) is 5.25 Å². The number of hydrogen-bond donors (Lipinski definition) is 0. The Morgan fingerprint density at radius 1 is 1.32 bits per heavy atom. The van der Waals surface area contributed by atoms with Crippen molar-refractivity contribution in [2.75, 3.05) is 11.5 Å². The van der Waals surface area contributed by atoms with E-state index in [1.807, 2.05) is 11.8 Å². The average molecular weight is 335 g/mol. The Bertz CT molecular complexity index is 465. The molecular weight excluding hydrogens is 319 g/mol. The minimum absolute atomic E-state index is 0.0961. The Hall–Kier alpha value is 0.170. The lowest BCUT2D eigenvalue weighted by Crippen LogP contribution is -2.33. The van der Waals surface area contributed by atoms with Crippen LogP contribution in [0.15, 0.2) is 18.2 Å². The summed E-state index contributed by atoms with van der Waals surface area (Å²) in [5.41, 5.74) is 0.838. The van der Waals surface area contributed by atoms with Gasteiger partial charge in [0.1, 0.15) is 0 Å². The van der Waals surface area contributed by atoms with Crippen molar-refractivity contribution >= 4 is 52.5 Å². The fraction of sp³-hybridized carbons (Fsp3) is 0.500. The van der Waals surface area contributed by atoms with Crippen LogP contribution in [-0.4, -0.2) is 27.8 Å². The Morgan fingerprint density at radius 2 is 2.05 bits per heavy atom. The van der Waals surface area contributed by atoms with Crippen molar-refractivity contribution in [1.82, 2.24) is 0 Å². The van der Waals surface area contributed by atoms with Crippen LogP contribution in [0.2, 0.25) is 10.0 Å². The monoisotopic (exact) mass is 334 g/mol. The molecule has 0 radical (unpaired) electrons. The largest absolute Gasteiger partial charge is 0.298 e. The first-order chi connectivity index (χ1) is 9.11. The molecule has 1 aromatic rings. The number of rotatable bonds is 4. The summed E-state index contributed by atoms with van der Waals surface area (Å²) in [6.45, 7) is 2.15. The highest BCUT2D eigenvalue weighted by Gasteiger charge is 2.30. The Kier molecular flexibility index (Phi) is 5.94. The third kappa shape index (κ3) is 4.07. The number of carbonyl (C=O) groups is 1. The van der Waals surface area contributed by atoms with Gasteiger partial charge in [-0.05, 0) is 30.2 Å². The maximum atomic E-state index is 12.5. The molecule has 0 aliphatic carbocycles. The molecule has 0 bridgehead atoms. The summed E-state index contributed by atoms with van der Waals surface area (Å²) in [7, 11) is 0. The van der Waals surface area contributed by atoms with E-state index in [0.29, 0.717) is 21.7 Å². The van der Waals surface area contributed by atoms with Crippen LogP contribution in [0, 0.1) is 0 Å². The van der Waals surface area contributed by atoms with E-state index in [1.54, 1.807) is 30.0 Å². The van der Waals surface area contributed by atoms with E-state index in [9.17, 15) is 4.79 Å². The molecule has 2 atom stereocenters. The van der Waals surface area contributed by atoms with E-state index in [4.69, 9.17) is 23.2 Å². The van der Waals surface area contributed by atoms with Gasteiger partial charge in [0.15, 0.2) is 5.78 Å². The number of thioether (sulfide) groups is 2. The fourth-order valence-corrected chi connectivity index (χ4v) is 5.58. The first-order valence-corrected chi connectivity index (χ1v) is 9.17. The van der Waals surface area contributed by atoms with Crippen molar-refractivity contribution in [3.05, 3.63) is 33.8 Å². The van der Waals surface area contributed by atoms with Gasteiger partial charge in [-0.25, -0.2) is 0 Å². The average Bonchev–Trinajstić information content (AvgIpc) is 2.42. The summed E-state index contributed by atoms with van der Waals surface area (Å²) in [5.74, 6) is 2.47. The molecule has 2 unspecified atom stereocenters. The maximum absolute atomic E-state index is 12.5. The lowest BCUT2D eigenvalue weighted by Gasteiger charge is -2.28. The van der Waals surface area contributed by atoms with E-state index in [2.05, 4.69) is 6.92 Å². The van der Waals surface area contributed by atoms with Crippen molar-refractivity contribution in [3.8, 4) is 0 Å². The zero-order valence-electron chi connectivity index (χ0n) is 10.7. The molecular formula is C14H16Cl2OS2. The van der Waals surface area contributed by atoms with Crippen LogP contribution >= 0.6 is 46.7 Å². The molecule has 0 saturated carbocycles. The SMILES string of the molecule is CCC1SCCSC1C(=O)Cc1cc(Cl)ccc1Cl. The van der Waals surface area contributed by atoms with Crippen LogP contribution in [0.4, 0.5) is 0 Å². The van der Waals surface area contributed by atoms with Gasteiger partial charge in [0.25, 0.3) is 0 Å². The molecule has 1 heterocycles. The zero-order chi connectivity index (χ0) is 13.8. The van der Waals surface area contributed by atoms with Gasteiger partial charge in [0.2, 0.25) is 0 Å². The van der Waals surface area contributed by atoms with Gasteiger partial charge in [-0.15, -0.1) is 11.8 Å². The molecule has 19 heavy (non-hydrogen) atoms. The number of ketones is 1. The van der Waals surface area contributed by atoms with Gasteiger partial charge in [-0.3, -0.25) is 4.79 Å². The molecule has 0 amide bonds. The highest BCUT2D eigenvalue weighted by molar-refractivity contribution is 8.07. The molecule has 0 N–H and O–H groups in total. The molecule has 0 aromatic heterocycles. The molecule has 1 fully saturated rings. The van der Waals surface area contributed by atoms with Gasteiger partial charge in [0, 0.05) is 33.2 Å². The second-order valence-electron chi connectivity index (χ2n) is 4.49. The van der Waals surface area contributed by atoms with Crippen LogP contribution in [0.25, 0.3) is 0 Å². The number of Topliss-reactive ketones (excluding diaryl/α,β-unsaturated/α-hetero) is 1. The molecule has 2 rings (SSSR count). The highest BCUT2D eigenvalue weighted by atomic mass is 35.5. The topological polar surface area (TPSA) is 17.1 Å². The molecule has 1 aromatic carbocycles. The van der Waals surface area contributed by atoms with E-state index in [1.165, 1.54) is 0 Å². The summed E-state index contributed by atoms with van der Waals surface area (Å²) < 4.78 is 0. The Labute approximate surface area is 132 Å². The predicted octanol–water partition coefficient (Wildman–Crippen LogP) is 4.73. The predicted molar refractivity (Wildman–Crippen MR) is 88.0 cm³/mol. The highest BCUT2D eigenvalue weighted by Crippen LogP contribution is 2.35. The van der Waals surface area contributed by atoms with E-state index < -0.39 is 0 Å². The van der Waals surface area contributed by atoms with Crippen molar-refractivity contribution < 1.29 is 4.79 Å². The number of hydrogen-bond acceptors (Lipinski definition) is 3. The van der Waals surface area contributed by atoms with Crippen molar-refractivity contribution in [2.24, 2.45) is 0 Å². The molecule has 104 valence electrons. The summed E-state index contributed by atoms with van der Waals surface area (Å²) in [6, 6.07) is 5.30. The summed E-state index contributed by atoms with van der Waals surface area (Å²) in [6.07, 6.45) is 1.42.